The first-order valence-electron chi connectivity index (χ1n) is 8.31. The molecule has 2 N–H and O–H groups in total. The van der Waals surface area contributed by atoms with Crippen LogP contribution in [0.25, 0.3) is 0 Å². The molecule has 134 valence electrons. The van der Waals surface area contributed by atoms with Gasteiger partial charge in [-0.15, -0.1) is 0 Å². The standard InChI is InChI=1S/C17H23ClN6O/c1-19-17(20-9-12-5-3-4-6-14(12)18)21-13-7-8-16-22-15(11-25-2)23-24(16)10-13/h3-6,13H,7-11H2,1-2H3,(H2,19,20,21). The van der Waals surface area contributed by atoms with E-state index in [1.54, 1.807) is 14.2 Å². The number of halogens is 1. The normalized spacial score (nSPS) is 17.2. The Morgan fingerprint density at radius 3 is 3.04 bits per heavy atom. The van der Waals surface area contributed by atoms with Gasteiger partial charge in [0, 0.05) is 38.2 Å². The average Bonchev–Trinajstić information content (AvgIpc) is 3.01. The third-order valence-electron chi connectivity index (χ3n) is 4.14. The number of benzene rings is 1. The van der Waals surface area contributed by atoms with Crippen LogP contribution in [0.5, 0.6) is 0 Å². The highest BCUT2D eigenvalue weighted by Gasteiger charge is 2.22. The minimum absolute atomic E-state index is 0.252. The molecular formula is C17H23ClN6O. The Morgan fingerprint density at radius 2 is 2.28 bits per heavy atom. The molecule has 0 saturated heterocycles. The van der Waals surface area contributed by atoms with Crippen LogP contribution in [-0.2, 0) is 30.9 Å². The number of nitrogens with one attached hydrogen (secondary N) is 2. The largest absolute Gasteiger partial charge is 0.377 e. The van der Waals surface area contributed by atoms with E-state index in [-0.39, 0.29) is 6.04 Å². The van der Waals surface area contributed by atoms with Crippen LogP contribution in [0.1, 0.15) is 23.6 Å². The lowest BCUT2D eigenvalue weighted by Gasteiger charge is -2.25. The molecule has 25 heavy (non-hydrogen) atoms. The number of hydrogen-bond donors (Lipinski definition) is 2. The number of fused-ring (bicyclic) bond motifs is 1. The zero-order valence-electron chi connectivity index (χ0n) is 14.5. The number of rotatable bonds is 5. The van der Waals surface area contributed by atoms with Gasteiger partial charge in [-0.2, -0.15) is 5.10 Å². The van der Waals surface area contributed by atoms with Crippen molar-refractivity contribution < 1.29 is 4.74 Å². The Bertz CT molecular complexity index is 744. The topological polar surface area (TPSA) is 76.4 Å². The summed E-state index contributed by atoms with van der Waals surface area (Å²) in [5.74, 6) is 2.51. The summed E-state index contributed by atoms with van der Waals surface area (Å²) in [7, 11) is 3.42. The van der Waals surface area contributed by atoms with E-state index in [4.69, 9.17) is 16.3 Å². The minimum atomic E-state index is 0.252. The van der Waals surface area contributed by atoms with Crippen LogP contribution in [0.2, 0.25) is 5.02 Å². The predicted octanol–water partition coefficient (Wildman–Crippen LogP) is 1.76. The van der Waals surface area contributed by atoms with Crippen molar-refractivity contribution in [1.82, 2.24) is 25.4 Å². The molecule has 1 aromatic heterocycles. The second-order valence-corrected chi connectivity index (χ2v) is 6.36. The number of methoxy groups -OCH3 is 1. The van der Waals surface area contributed by atoms with E-state index in [1.165, 1.54) is 0 Å². The van der Waals surface area contributed by atoms with Crippen LogP contribution in [-0.4, -0.2) is 40.9 Å². The molecule has 8 heteroatoms. The smallest absolute Gasteiger partial charge is 0.191 e. The Balaban J connectivity index is 1.56. The van der Waals surface area contributed by atoms with E-state index in [9.17, 15) is 0 Å². The molecular weight excluding hydrogens is 340 g/mol. The van der Waals surface area contributed by atoms with Crippen LogP contribution in [0.3, 0.4) is 0 Å². The molecule has 0 bridgehead atoms. The third kappa shape index (κ3) is 4.49. The minimum Gasteiger partial charge on any atom is -0.377 e. The summed E-state index contributed by atoms with van der Waals surface area (Å²) in [6, 6.07) is 8.04. The molecule has 1 aromatic carbocycles. The van der Waals surface area contributed by atoms with Crippen molar-refractivity contribution >= 4 is 17.6 Å². The van der Waals surface area contributed by atoms with Gasteiger partial charge in [-0.3, -0.25) is 4.99 Å². The maximum atomic E-state index is 6.20. The van der Waals surface area contributed by atoms with E-state index in [2.05, 4.69) is 25.7 Å². The van der Waals surface area contributed by atoms with Crippen molar-refractivity contribution in [1.29, 1.82) is 0 Å². The van der Waals surface area contributed by atoms with E-state index < -0.39 is 0 Å². The second-order valence-electron chi connectivity index (χ2n) is 5.96. The fourth-order valence-electron chi connectivity index (χ4n) is 2.88. The highest BCUT2D eigenvalue weighted by Crippen LogP contribution is 2.15. The molecule has 1 atom stereocenters. The summed E-state index contributed by atoms with van der Waals surface area (Å²) in [6.45, 7) is 1.83. The molecule has 1 unspecified atom stereocenters. The lowest BCUT2D eigenvalue weighted by atomic mass is 10.1. The maximum absolute atomic E-state index is 6.20. The predicted molar refractivity (Wildman–Crippen MR) is 97.6 cm³/mol. The highest BCUT2D eigenvalue weighted by atomic mass is 35.5. The Hall–Kier alpha value is -2.12. The Morgan fingerprint density at radius 1 is 1.44 bits per heavy atom. The second kappa shape index (κ2) is 8.31. The first-order valence-corrected chi connectivity index (χ1v) is 8.69. The zero-order chi connectivity index (χ0) is 17.6. The summed E-state index contributed by atoms with van der Waals surface area (Å²) in [5, 5.41) is 12.0. The molecule has 0 fully saturated rings. The summed E-state index contributed by atoms with van der Waals surface area (Å²) in [5.41, 5.74) is 1.04. The summed E-state index contributed by atoms with van der Waals surface area (Å²) in [6.07, 6.45) is 1.87. The van der Waals surface area contributed by atoms with E-state index in [0.29, 0.717) is 13.2 Å². The number of ether oxygens (including phenoxy) is 1. The van der Waals surface area contributed by atoms with Gasteiger partial charge in [-0.25, -0.2) is 9.67 Å². The lowest BCUT2D eigenvalue weighted by Crippen LogP contribution is -2.46. The monoisotopic (exact) mass is 362 g/mol. The fourth-order valence-corrected chi connectivity index (χ4v) is 3.08. The van der Waals surface area contributed by atoms with Gasteiger partial charge in [-0.1, -0.05) is 29.8 Å². The number of aryl methyl sites for hydroxylation is 1. The van der Waals surface area contributed by atoms with E-state index >= 15 is 0 Å². The molecule has 0 amide bonds. The first-order chi connectivity index (χ1) is 12.2. The molecule has 0 spiro atoms. The number of aliphatic imine (C=N–C) groups is 1. The van der Waals surface area contributed by atoms with E-state index in [0.717, 1.165) is 47.6 Å². The molecule has 1 aliphatic heterocycles. The highest BCUT2D eigenvalue weighted by molar-refractivity contribution is 6.31. The Labute approximate surface area is 152 Å². The number of hydrogen-bond acceptors (Lipinski definition) is 4. The van der Waals surface area contributed by atoms with Crippen LogP contribution in [0.15, 0.2) is 29.3 Å². The van der Waals surface area contributed by atoms with Crippen LogP contribution in [0, 0.1) is 0 Å². The average molecular weight is 363 g/mol. The fraction of sp³-hybridized carbons (Fsp3) is 0.471. The SMILES string of the molecule is CN=C(NCc1ccccc1Cl)NC1CCc2nc(COC)nn2C1. The van der Waals surface area contributed by atoms with Gasteiger partial charge in [0.1, 0.15) is 12.4 Å². The number of guanidine groups is 1. The van der Waals surface area contributed by atoms with Crippen LogP contribution >= 0.6 is 11.6 Å². The lowest BCUT2D eigenvalue weighted by molar-refractivity contribution is 0.177. The van der Waals surface area contributed by atoms with Gasteiger partial charge in [0.05, 0.1) is 6.54 Å². The van der Waals surface area contributed by atoms with Gasteiger partial charge >= 0.3 is 0 Å². The van der Waals surface area contributed by atoms with Crippen LogP contribution in [0.4, 0.5) is 0 Å². The molecule has 0 aliphatic carbocycles. The quantitative estimate of drug-likeness (QED) is 0.626. The van der Waals surface area contributed by atoms with Crippen molar-refractivity contribution in [2.75, 3.05) is 14.2 Å². The molecule has 2 aromatic rings. The Kier molecular flexibility index (Phi) is 5.88. The molecule has 0 saturated carbocycles. The van der Waals surface area contributed by atoms with Gasteiger partial charge in [0.15, 0.2) is 11.8 Å². The van der Waals surface area contributed by atoms with Gasteiger partial charge in [-0.05, 0) is 18.1 Å². The van der Waals surface area contributed by atoms with Crippen molar-refractivity contribution in [3.8, 4) is 0 Å². The number of aromatic nitrogens is 3. The van der Waals surface area contributed by atoms with E-state index in [1.807, 2.05) is 28.9 Å². The van der Waals surface area contributed by atoms with Crippen molar-refractivity contribution in [2.45, 2.75) is 38.6 Å². The van der Waals surface area contributed by atoms with Crippen molar-refractivity contribution in [3.63, 3.8) is 0 Å². The van der Waals surface area contributed by atoms with Crippen LogP contribution < -0.4 is 10.6 Å². The van der Waals surface area contributed by atoms with Crippen molar-refractivity contribution in [2.24, 2.45) is 4.99 Å². The van der Waals surface area contributed by atoms with Gasteiger partial charge < -0.3 is 15.4 Å². The molecule has 3 rings (SSSR count). The molecule has 0 radical (unpaired) electrons. The van der Waals surface area contributed by atoms with Gasteiger partial charge in [0.25, 0.3) is 0 Å². The summed E-state index contributed by atoms with van der Waals surface area (Å²) >= 11 is 6.20. The maximum Gasteiger partial charge on any atom is 0.191 e. The molecule has 1 aliphatic rings. The summed E-state index contributed by atoms with van der Waals surface area (Å²) < 4.78 is 7.06. The summed E-state index contributed by atoms with van der Waals surface area (Å²) in [4.78, 5) is 8.80. The third-order valence-corrected chi connectivity index (χ3v) is 4.51. The zero-order valence-corrected chi connectivity index (χ0v) is 15.3. The number of nitrogens with zero attached hydrogens (tertiary/aromatic N) is 4. The first kappa shape index (κ1) is 17.7. The van der Waals surface area contributed by atoms with Crippen molar-refractivity contribution in [3.05, 3.63) is 46.5 Å². The molecule has 2 heterocycles. The van der Waals surface area contributed by atoms with Gasteiger partial charge in [0.2, 0.25) is 0 Å². The molecule has 7 nitrogen and oxygen atoms in total.